The molecule has 0 spiro atoms. The highest BCUT2D eigenvalue weighted by Crippen LogP contribution is 2.33. The number of likely N-dealkylation sites (tertiary alicyclic amines) is 1. The normalized spacial score (nSPS) is 16.9. The monoisotopic (exact) mass is 1420 g/mol. The molecule has 98 heavy (non-hydrogen) atoms. The maximum absolute atomic E-state index is 13.8. The van der Waals surface area contributed by atoms with Crippen LogP contribution in [0.25, 0.3) is 32.3 Å². The van der Waals surface area contributed by atoms with E-state index in [1.165, 1.54) is 42.5 Å². The lowest BCUT2D eigenvalue weighted by atomic mass is 10.1. The number of amides is 4. The van der Waals surface area contributed by atoms with Crippen LogP contribution >= 0.6 is 46.4 Å². The van der Waals surface area contributed by atoms with E-state index in [0.29, 0.717) is 107 Å². The minimum atomic E-state index is -0.376. The molecular formula is C73H83Cl4F3N14O4. The van der Waals surface area contributed by atoms with Gasteiger partial charge in [-0.15, -0.1) is 30.6 Å². The fourth-order valence-corrected chi connectivity index (χ4v) is 12.9. The molecule has 4 fully saturated rings. The Hall–Kier alpha value is -8.31. The van der Waals surface area contributed by atoms with Gasteiger partial charge in [0.1, 0.15) is 17.5 Å². The van der Waals surface area contributed by atoms with E-state index >= 15 is 0 Å². The van der Waals surface area contributed by atoms with Crippen LogP contribution in [0.5, 0.6) is 0 Å². The van der Waals surface area contributed by atoms with Crippen molar-refractivity contribution >= 4 is 114 Å². The van der Waals surface area contributed by atoms with Crippen molar-refractivity contribution in [2.75, 3.05) is 88.8 Å². The van der Waals surface area contributed by atoms with Gasteiger partial charge in [-0.05, 0) is 152 Å². The van der Waals surface area contributed by atoms with Gasteiger partial charge in [0.05, 0.1) is 0 Å². The molecule has 3 atom stereocenters. The number of carbonyl (C=O) groups excluding carboxylic acids is 4. The SMILES string of the molecule is CCN(C(C)C)C(C)C.CN1CCCC1=O.C[C@H]1CN(c2nnc(Cl)c3cc(F)ccc23)CCN1C(=O)c1ccccc1.C[C@H]1CN(c2nnc(Cl)c3ccc(F)cc23)CCN1C(=O)c1ccccc1.C[C@H]1CNCCN1C(=O)c1ccccc1.Fc1ccc2c(Cl)nnc(Cl)c2c1. The number of hydrogen-bond acceptors (Lipinski definition) is 14. The molecule has 18 nitrogen and oxygen atoms in total. The first-order valence-electron chi connectivity index (χ1n) is 32.7. The largest absolute Gasteiger partial charge is 0.351 e. The Labute approximate surface area is 591 Å². The topological polar surface area (TPSA) is 180 Å². The third-order valence-electron chi connectivity index (χ3n) is 17.2. The first-order chi connectivity index (χ1) is 46.9. The number of carbonyl (C=O) groups is 4. The Morgan fingerprint density at radius 2 is 0.857 bits per heavy atom. The summed E-state index contributed by atoms with van der Waals surface area (Å²) in [6, 6.07) is 42.6. The average molecular weight is 1420 g/mol. The number of piperazine rings is 3. The van der Waals surface area contributed by atoms with Crippen LogP contribution in [-0.2, 0) is 4.79 Å². The van der Waals surface area contributed by atoms with Gasteiger partial charge >= 0.3 is 0 Å². The highest BCUT2D eigenvalue weighted by Gasteiger charge is 2.32. The molecule has 3 aromatic heterocycles. The maximum atomic E-state index is 13.8. The molecule has 0 radical (unpaired) electrons. The van der Waals surface area contributed by atoms with Crippen LogP contribution in [0.1, 0.15) is 99.3 Å². The second-order valence-corrected chi connectivity index (χ2v) is 26.1. The van der Waals surface area contributed by atoms with Crippen molar-refractivity contribution in [3.8, 4) is 0 Å². The lowest BCUT2D eigenvalue weighted by Crippen LogP contribution is -2.54. The van der Waals surface area contributed by atoms with Crippen molar-refractivity contribution in [1.82, 2.24) is 60.4 Å². The van der Waals surface area contributed by atoms with Crippen molar-refractivity contribution < 1.29 is 32.3 Å². The summed E-state index contributed by atoms with van der Waals surface area (Å²) in [6.07, 6.45) is 1.81. The maximum Gasteiger partial charge on any atom is 0.254 e. The van der Waals surface area contributed by atoms with Gasteiger partial charge in [0.2, 0.25) is 5.91 Å². The second-order valence-electron chi connectivity index (χ2n) is 24.7. The number of hydrogen-bond donors (Lipinski definition) is 1. The minimum absolute atomic E-state index is 0.000525. The summed E-state index contributed by atoms with van der Waals surface area (Å²) in [7, 11) is 1.84. The molecular weight excluding hydrogens is 1340 g/mol. The van der Waals surface area contributed by atoms with Crippen LogP contribution < -0.4 is 15.1 Å². The molecule has 7 heterocycles. The van der Waals surface area contributed by atoms with Gasteiger partial charge in [-0.3, -0.25) is 24.1 Å². The summed E-state index contributed by atoms with van der Waals surface area (Å²) >= 11 is 23.6. The van der Waals surface area contributed by atoms with Crippen molar-refractivity contribution in [3.05, 3.63) is 200 Å². The van der Waals surface area contributed by atoms with E-state index in [9.17, 15) is 32.3 Å². The molecule has 0 saturated carbocycles. The first kappa shape index (κ1) is 75.5. The van der Waals surface area contributed by atoms with Crippen LogP contribution in [0.15, 0.2) is 146 Å². The van der Waals surface area contributed by atoms with E-state index in [1.807, 2.05) is 131 Å². The third-order valence-corrected chi connectivity index (χ3v) is 18.3. The number of halogens is 7. The summed E-state index contributed by atoms with van der Waals surface area (Å²) < 4.78 is 40.2. The number of aromatic nitrogens is 6. The zero-order chi connectivity index (χ0) is 70.7. The van der Waals surface area contributed by atoms with Gasteiger partial charge in [0, 0.05) is 158 Å². The Bertz CT molecular complexity index is 4150. The zero-order valence-corrected chi connectivity index (χ0v) is 59.6. The minimum Gasteiger partial charge on any atom is -0.351 e. The summed E-state index contributed by atoms with van der Waals surface area (Å²) in [5.74, 6) is 0.634. The van der Waals surface area contributed by atoms with Gasteiger partial charge in [0.15, 0.2) is 32.2 Å². The van der Waals surface area contributed by atoms with Crippen LogP contribution in [0.4, 0.5) is 24.8 Å². The first-order valence-corrected chi connectivity index (χ1v) is 34.2. The molecule has 4 aliphatic rings. The van der Waals surface area contributed by atoms with E-state index < -0.39 is 0 Å². The number of rotatable bonds is 8. The zero-order valence-electron chi connectivity index (χ0n) is 56.5. The molecule has 0 aliphatic carbocycles. The van der Waals surface area contributed by atoms with Crippen molar-refractivity contribution in [2.45, 2.75) is 98.4 Å². The number of fused-ring (bicyclic) bond motifs is 3. The number of anilines is 2. The lowest BCUT2D eigenvalue weighted by molar-refractivity contribution is -0.126. The highest BCUT2D eigenvalue weighted by atomic mass is 35.5. The molecule has 25 heteroatoms. The Morgan fingerprint density at radius 1 is 0.490 bits per heavy atom. The van der Waals surface area contributed by atoms with E-state index in [0.717, 1.165) is 56.5 Å². The van der Waals surface area contributed by atoms with Crippen molar-refractivity contribution in [2.24, 2.45) is 0 Å². The molecule has 6 aromatic carbocycles. The smallest absolute Gasteiger partial charge is 0.254 e. The quantitative estimate of drug-likeness (QED) is 0.152. The van der Waals surface area contributed by atoms with Crippen molar-refractivity contribution in [3.63, 3.8) is 0 Å². The van der Waals surface area contributed by atoms with Crippen LogP contribution in [-0.4, -0.2) is 188 Å². The Morgan fingerprint density at radius 3 is 1.21 bits per heavy atom. The molecule has 0 unspecified atom stereocenters. The predicted molar refractivity (Wildman–Crippen MR) is 386 cm³/mol. The molecule has 518 valence electrons. The van der Waals surface area contributed by atoms with E-state index in [-0.39, 0.29) is 73.9 Å². The third kappa shape index (κ3) is 19.7. The molecule has 4 saturated heterocycles. The summed E-state index contributed by atoms with van der Waals surface area (Å²) in [4.78, 5) is 62.1. The fraction of sp³-hybridized carbons (Fsp3) is 0.370. The summed E-state index contributed by atoms with van der Waals surface area (Å²) in [5, 5.41) is 31.3. The van der Waals surface area contributed by atoms with Gasteiger partial charge in [0.25, 0.3) is 17.7 Å². The van der Waals surface area contributed by atoms with Crippen LogP contribution in [0.2, 0.25) is 20.6 Å². The Kier molecular flexibility index (Phi) is 27.7. The van der Waals surface area contributed by atoms with Gasteiger partial charge in [-0.1, -0.05) is 108 Å². The Balaban J connectivity index is 0.000000160. The number of nitrogens with zero attached hydrogens (tertiary/aromatic N) is 13. The summed E-state index contributed by atoms with van der Waals surface area (Å²) in [5.41, 5.74) is 2.15. The van der Waals surface area contributed by atoms with Crippen LogP contribution in [0, 0.1) is 17.5 Å². The molecule has 1 N–H and O–H groups in total. The fourth-order valence-electron chi connectivity index (χ4n) is 12.1. The number of nitrogens with one attached hydrogen (secondary N) is 1. The standard InChI is InChI=1S/2C20H18ClFN4O.C12H16N2O.C8H3Cl2FN2.C8H19N.C5H9NO/c1-13-12-25(9-10-26(13)20(27)14-5-3-2-4-6-14)19-16-8-7-15(22)11-17(16)18(21)23-24-19;1-13-12-25(9-10-26(13)20(27)14-5-3-2-4-6-14)19-17-11-15(22)7-8-16(17)18(21)23-24-19;1-10-9-13-7-8-14(10)12(15)11-5-3-2-4-6-11;9-7-5-2-1-4(11)3-6(5)8(10)13-12-7;1-6-9(7(2)3)8(4)5;1-6-4-2-3-5(6)7/h2*2-8,11,13H,9-10,12H2,1H3;2-6,10,13H,7-9H2,1H3;1-3H;7-8H,6H2,1-5H3;2-4H2,1H3/t2*13-;10-;;;/m000.../s1. The van der Waals surface area contributed by atoms with E-state index in [1.54, 1.807) is 17.0 Å². The van der Waals surface area contributed by atoms with E-state index in [4.69, 9.17) is 46.4 Å². The van der Waals surface area contributed by atoms with Crippen LogP contribution in [0.3, 0.4) is 0 Å². The summed E-state index contributed by atoms with van der Waals surface area (Å²) in [6.45, 7) is 25.5. The lowest BCUT2D eigenvalue weighted by Gasteiger charge is -2.40. The average Bonchev–Trinajstić information content (AvgIpc) is 0.882. The van der Waals surface area contributed by atoms with Gasteiger partial charge < -0.3 is 34.7 Å². The molecule has 0 bridgehead atoms. The molecule has 4 amide bonds. The van der Waals surface area contributed by atoms with Gasteiger partial charge in [-0.2, -0.15) is 0 Å². The van der Waals surface area contributed by atoms with E-state index in [2.05, 4.69) is 87.3 Å². The molecule has 4 aliphatic heterocycles. The molecule has 9 aromatic rings. The number of benzene rings is 6. The van der Waals surface area contributed by atoms with Crippen molar-refractivity contribution in [1.29, 1.82) is 0 Å². The second kappa shape index (κ2) is 36.0. The molecule has 13 rings (SSSR count). The van der Waals surface area contributed by atoms with Gasteiger partial charge in [-0.25, -0.2) is 13.2 Å². The predicted octanol–water partition coefficient (Wildman–Crippen LogP) is 14.1. The highest BCUT2D eigenvalue weighted by molar-refractivity contribution is 6.38.